The van der Waals surface area contributed by atoms with Gasteiger partial charge in [0.05, 0.1) is 21.7 Å². The molecule has 1 unspecified atom stereocenters. The second-order valence-electron chi connectivity index (χ2n) is 5.84. The highest BCUT2D eigenvalue weighted by molar-refractivity contribution is 6.32. The van der Waals surface area contributed by atoms with Crippen molar-refractivity contribution in [2.24, 2.45) is 7.05 Å². The van der Waals surface area contributed by atoms with Crippen LogP contribution in [0.3, 0.4) is 0 Å². The monoisotopic (exact) mass is 385 g/mol. The molecule has 10 heteroatoms. The number of carbonyl (C=O) groups excluding carboxylic acids is 1. The lowest BCUT2D eigenvalue weighted by Gasteiger charge is -2.14. The highest BCUT2D eigenvalue weighted by Gasteiger charge is 2.39. The number of imidazole rings is 1. The van der Waals surface area contributed by atoms with E-state index >= 15 is 0 Å². The van der Waals surface area contributed by atoms with E-state index in [1.54, 1.807) is 17.7 Å². The van der Waals surface area contributed by atoms with Crippen LogP contribution >= 0.6 is 11.6 Å². The van der Waals surface area contributed by atoms with Gasteiger partial charge in [0.25, 0.3) is 5.91 Å². The van der Waals surface area contributed by atoms with Crippen molar-refractivity contribution in [3.8, 4) is 0 Å². The molecule has 0 bridgehead atoms. The van der Waals surface area contributed by atoms with E-state index in [2.05, 4.69) is 15.4 Å². The molecule has 2 heterocycles. The minimum atomic E-state index is -4.69. The van der Waals surface area contributed by atoms with E-state index in [9.17, 15) is 18.0 Å². The Hall–Kier alpha value is -2.55. The number of halogens is 4. The smallest absolute Gasteiger partial charge is 0.313 e. The Bertz CT molecular complexity index is 992. The number of nitrogens with one attached hydrogen (secondary N) is 1. The summed E-state index contributed by atoms with van der Waals surface area (Å²) in [6, 6.07) is 6.28. The van der Waals surface area contributed by atoms with Crippen LogP contribution in [0.4, 0.5) is 19.1 Å². The normalized spacial score (nSPS) is 13.2. The van der Waals surface area contributed by atoms with E-state index in [1.165, 1.54) is 13.8 Å². The molecule has 0 aliphatic rings. The summed E-state index contributed by atoms with van der Waals surface area (Å²) in [5, 5.41) is 5.59. The quantitative estimate of drug-likeness (QED) is 0.742. The van der Waals surface area contributed by atoms with Crippen LogP contribution < -0.4 is 5.32 Å². The number of hydrogen-bond acceptors (Lipinski definition) is 3. The van der Waals surface area contributed by atoms with Gasteiger partial charge in [-0.1, -0.05) is 23.7 Å². The minimum absolute atomic E-state index is 0.0617. The third-order valence-electron chi connectivity index (χ3n) is 4.11. The van der Waals surface area contributed by atoms with E-state index in [-0.39, 0.29) is 11.6 Å². The number of amides is 1. The van der Waals surface area contributed by atoms with Crippen molar-refractivity contribution in [1.29, 1.82) is 0 Å². The maximum atomic E-state index is 13.0. The average Bonchev–Trinajstić information content (AvgIpc) is 3.05. The number of anilines is 1. The molecule has 138 valence electrons. The molecule has 6 nitrogen and oxygen atoms in total. The van der Waals surface area contributed by atoms with Gasteiger partial charge in [-0.15, -0.1) is 0 Å². The highest BCUT2D eigenvalue weighted by Crippen LogP contribution is 2.36. The standard InChI is InChI=1S/C16H15ClF3N5O/c1-8-12(17)13(16(18,19)20)23-25(8)9(2)14(26)22-15-21-10-6-4-5-7-11(10)24(15)3/h4-7,9H,1-3H3,(H,21,22,26). The number of benzene rings is 1. The number of fused-ring (bicyclic) bond motifs is 1. The summed E-state index contributed by atoms with van der Waals surface area (Å²) in [6.07, 6.45) is -4.69. The Morgan fingerprint density at radius 3 is 2.54 bits per heavy atom. The van der Waals surface area contributed by atoms with Gasteiger partial charge in [0, 0.05) is 7.05 Å². The number of carbonyl (C=O) groups is 1. The first-order chi connectivity index (χ1) is 12.1. The second kappa shape index (κ2) is 6.31. The lowest BCUT2D eigenvalue weighted by molar-refractivity contribution is -0.141. The number of aromatic nitrogens is 4. The fourth-order valence-electron chi connectivity index (χ4n) is 2.64. The zero-order chi connectivity index (χ0) is 19.2. The van der Waals surface area contributed by atoms with Crippen molar-refractivity contribution >= 4 is 34.5 Å². The first kappa shape index (κ1) is 18.2. The summed E-state index contributed by atoms with van der Waals surface area (Å²) in [5.41, 5.74) is 0.356. The van der Waals surface area contributed by atoms with Gasteiger partial charge in [0.1, 0.15) is 6.04 Å². The van der Waals surface area contributed by atoms with Crippen molar-refractivity contribution in [1.82, 2.24) is 19.3 Å². The zero-order valence-corrected chi connectivity index (χ0v) is 14.9. The predicted molar refractivity (Wildman–Crippen MR) is 91.0 cm³/mol. The SMILES string of the molecule is Cc1c(Cl)c(C(F)(F)F)nn1C(C)C(=O)Nc1nc2ccccc2n1C. The van der Waals surface area contributed by atoms with Crippen molar-refractivity contribution < 1.29 is 18.0 Å². The molecule has 0 fully saturated rings. The molecule has 3 rings (SSSR count). The summed E-state index contributed by atoms with van der Waals surface area (Å²) in [7, 11) is 1.73. The first-order valence-electron chi connectivity index (χ1n) is 7.65. The van der Waals surface area contributed by atoms with Gasteiger partial charge in [-0.2, -0.15) is 18.3 Å². The van der Waals surface area contributed by atoms with Crippen LogP contribution in [0, 0.1) is 6.92 Å². The molecule has 0 saturated heterocycles. The molecule has 26 heavy (non-hydrogen) atoms. The molecule has 1 amide bonds. The highest BCUT2D eigenvalue weighted by atomic mass is 35.5. The summed E-state index contributed by atoms with van der Waals surface area (Å²) in [4.78, 5) is 16.8. The topological polar surface area (TPSA) is 64.7 Å². The van der Waals surface area contributed by atoms with Gasteiger partial charge < -0.3 is 4.57 Å². The number of rotatable bonds is 3. The predicted octanol–water partition coefficient (Wildman–Crippen LogP) is 3.95. The van der Waals surface area contributed by atoms with Crippen molar-refractivity contribution in [3.05, 3.63) is 40.7 Å². The van der Waals surface area contributed by atoms with Gasteiger partial charge in [-0.25, -0.2) is 4.98 Å². The third-order valence-corrected chi connectivity index (χ3v) is 4.57. The van der Waals surface area contributed by atoms with E-state index in [0.29, 0.717) is 5.52 Å². The van der Waals surface area contributed by atoms with Crippen molar-refractivity contribution in [3.63, 3.8) is 0 Å². The summed E-state index contributed by atoms with van der Waals surface area (Å²) in [6.45, 7) is 2.82. The molecule has 0 aliphatic carbocycles. The number of aryl methyl sites for hydroxylation is 1. The molecule has 1 N–H and O–H groups in total. The first-order valence-corrected chi connectivity index (χ1v) is 8.03. The summed E-state index contributed by atoms with van der Waals surface area (Å²) >= 11 is 5.73. The Balaban J connectivity index is 1.89. The van der Waals surface area contributed by atoms with Crippen LogP contribution in [0.1, 0.15) is 24.4 Å². The molecule has 3 aromatic rings. The Labute approximate surface area is 151 Å². The fourth-order valence-corrected chi connectivity index (χ4v) is 2.87. The Morgan fingerprint density at radius 1 is 1.31 bits per heavy atom. The number of hydrogen-bond donors (Lipinski definition) is 1. The summed E-state index contributed by atoms with van der Waals surface area (Å²) < 4.78 is 41.5. The van der Waals surface area contributed by atoms with Gasteiger partial charge in [0.2, 0.25) is 5.95 Å². The molecule has 0 spiro atoms. The fraction of sp³-hybridized carbons (Fsp3) is 0.312. The third kappa shape index (κ3) is 3.03. The van der Waals surface area contributed by atoms with Crippen molar-refractivity contribution in [2.75, 3.05) is 5.32 Å². The van der Waals surface area contributed by atoms with Gasteiger partial charge in [-0.05, 0) is 26.0 Å². The van der Waals surface area contributed by atoms with E-state index in [4.69, 9.17) is 11.6 Å². The maximum Gasteiger partial charge on any atom is 0.436 e. The molecule has 2 aromatic heterocycles. The van der Waals surface area contributed by atoms with E-state index in [1.807, 2.05) is 18.2 Å². The largest absolute Gasteiger partial charge is 0.436 e. The lowest BCUT2D eigenvalue weighted by atomic mass is 10.3. The molecule has 0 saturated carbocycles. The van der Waals surface area contributed by atoms with Crippen molar-refractivity contribution in [2.45, 2.75) is 26.1 Å². The second-order valence-corrected chi connectivity index (χ2v) is 6.22. The Morgan fingerprint density at radius 2 is 1.96 bits per heavy atom. The zero-order valence-electron chi connectivity index (χ0n) is 14.1. The van der Waals surface area contributed by atoms with E-state index < -0.39 is 28.8 Å². The van der Waals surface area contributed by atoms with Gasteiger partial charge in [-0.3, -0.25) is 14.8 Å². The van der Waals surface area contributed by atoms with Crippen LogP contribution in [0.25, 0.3) is 11.0 Å². The number of nitrogens with zero attached hydrogens (tertiary/aromatic N) is 4. The molecular weight excluding hydrogens is 371 g/mol. The minimum Gasteiger partial charge on any atom is -0.313 e. The molecule has 1 aromatic carbocycles. The maximum absolute atomic E-state index is 13.0. The Kier molecular flexibility index (Phi) is 4.43. The van der Waals surface area contributed by atoms with Gasteiger partial charge >= 0.3 is 6.18 Å². The van der Waals surface area contributed by atoms with Crippen LogP contribution in [0.5, 0.6) is 0 Å². The van der Waals surface area contributed by atoms with Crippen LogP contribution in [-0.2, 0) is 18.0 Å². The van der Waals surface area contributed by atoms with Crippen LogP contribution in [0.15, 0.2) is 24.3 Å². The van der Waals surface area contributed by atoms with E-state index in [0.717, 1.165) is 10.2 Å². The molecular formula is C16H15ClF3N5O. The van der Waals surface area contributed by atoms with Crippen LogP contribution in [0.2, 0.25) is 5.02 Å². The molecule has 0 aliphatic heterocycles. The number of alkyl halides is 3. The average molecular weight is 386 g/mol. The summed E-state index contributed by atoms with van der Waals surface area (Å²) in [5.74, 6) is -0.269. The molecule has 1 atom stereocenters. The van der Waals surface area contributed by atoms with Gasteiger partial charge in [0.15, 0.2) is 5.69 Å². The molecule has 0 radical (unpaired) electrons. The number of para-hydroxylation sites is 2. The lowest BCUT2D eigenvalue weighted by Crippen LogP contribution is -2.26. The van der Waals surface area contributed by atoms with Crippen LogP contribution in [-0.4, -0.2) is 25.2 Å².